The van der Waals surface area contributed by atoms with Crippen molar-refractivity contribution in [2.75, 3.05) is 5.43 Å². The third-order valence-corrected chi connectivity index (χ3v) is 2.15. The first-order valence-electron chi connectivity index (χ1n) is 5.26. The zero-order chi connectivity index (χ0) is 14.6. The largest absolute Gasteiger partial charge is 0.573 e. The third kappa shape index (κ3) is 3.64. The highest BCUT2D eigenvalue weighted by molar-refractivity contribution is 5.63. The van der Waals surface area contributed by atoms with E-state index in [2.05, 4.69) is 20.7 Å². The molecule has 1 heterocycles. The number of carbonyl (C=O) groups is 1. The van der Waals surface area contributed by atoms with Gasteiger partial charge in [0.05, 0.1) is 0 Å². The topological polar surface area (TPSA) is 76.4 Å². The smallest absolute Gasteiger partial charge is 0.406 e. The van der Waals surface area contributed by atoms with Gasteiger partial charge in [-0.1, -0.05) is 5.16 Å². The monoisotopic (exact) mass is 287 g/mol. The van der Waals surface area contributed by atoms with Gasteiger partial charge in [-0.15, -0.1) is 13.2 Å². The molecule has 2 rings (SSSR count). The van der Waals surface area contributed by atoms with Crippen LogP contribution in [0.2, 0.25) is 0 Å². The lowest BCUT2D eigenvalue weighted by Crippen LogP contribution is -2.18. The van der Waals surface area contributed by atoms with Crippen LogP contribution in [0.3, 0.4) is 0 Å². The maximum absolute atomic E-state index is 12.0. The van der Waals surface area contributed by atoms with E-state index in [9.17, 15) is 18.0 Å². The van der Waals surface area contributed by atoms with Gasteiger partial charge >= 0.3 is 6.36 Å². The van der Waals surface area contributed by atoms with E-state index in [1.165, 1.54) is 18.2 Å². The molecule has 0 fully saturated rings. The minimum atomic E-state index is -4.73. The molecule has 0 atom stereocenters. The summed E-state index contributed by atoms with van der Waals surface area (Å²) in [4.78, 5) is 10.1. The lowest BCUT2D eigenvalue weighted by molar-refractivity contribution is -0.274. The van der Waals surface area contributed by atoms with Gasteiger partial charge < -0.3 is 9.26 Å². The average Bonchev–Trinajstić information content (AvgIpc) is 2.84. The van der Waals surface area contributed by atoms with Crippen LogP contribution in [0.5, 0.6) is 5.75 Å². The summed E-state index contributed by atoms with van der Waals surface area (Å²) in [5, 5.41) is 3.69. The second-order valence-corrected chi connectivity index (χ2v) is 3.54. The lowest BCUT2D eigenvalue weighted by atomic mass is 10.1. The Balaban J connectivity index is 2.09. The number of amides is 1. The Labute approximate surface area is 110 Å². The number of benzene rings is 1. The van der Waals surface area contributed by atoms with Crippen molar-refractivity contribution in [1.29, 1.82) is 0 Å². The Morgan fingerprint density at radius 2 is 1.95 bits per heavy atom. The Morgan fingerprint density at radius 1 is 1.25 bits per heavy atom. The Kier molecular flexibility index (Phi) is 3.78. The van der Waals surface area contributed by atoms with Gasteiger partial charge in [-0.05, 0) is 24.3 Å². The molecule has 6 nitrogen and oxygen atoms in total. The summed E-state index contributed by atoms with van der Waals surface area (Å²) >= 11 is 0. The molecule has 1 aromatic carbocycles. The summed E-state index contributed by atoms with van der Waals surface area (Å²) in [7, 11) is 0. The summed E-state index contributed by atoms with van der Waals surface area (Å²) < 4.78 is 44.6. The van der Waals surface area contributed by atoms with E-state index < -0.39 is 6.36 Å². The van der Waals surface area contributed by atoms with Crippen molar-refractivity contribution in [2.45, 2.75) is 6.36 Å². The number of nitrogens with zero attached hydrogens (tertiary/aromatic N) is 1. The number of alkyl halides is 3. The molecule has 0 bridgehead atoms. The molecule has 2 aromatic rings. The summed E-state index contributed by atoms with van der Waals surface area (Å²) in [6.07, 6.45) is -4.32. The van der Waals surface area contributed by atoms with Crippen molar-refractivity contribution in [2.24, 2.45) is 0 Å². The van der Waals surface area contributed by atoms with Crippen LogP contribution in [0.1, 0.15) is 0 Å². The number of halogens is 3. The van der Waals surface area contributed by atoms with Gasteiger partial charge in [0.25, 0.3) is 0 Å². The first kappa shape index (κ1) is 13.7. The number of hydrogen-bond donors (Lipinski definition) is 2. The molecule has 9 heteroatoms. The zero-order valence-corrected chi connectivity index (χ0v) is 9.77. The van der Waals surface area contributed by atoms with E-state index in [0.29, 0.717) is 17.7 Å². The maximum atomic E-state index is 12.0. The molecule has 0 aliphatic carbocycles. The quantitative estimate of drug-likeness (QED) is 0.652. The van der Waals surface area contributed by atoms with E-state index in [1.54, 1.807) is 0 Å². The van der Waals surface area contributed by atoms with E-state index in [0.717, 1.165) is 12.1 Å². The molecule has 0 aliphatic rings. The minimum Gasteiger partial charge on any atom is -0.406 e. The van der Waals surface area contributed by atoms with Crippen molar-refractivity contribution in [3.63, 3.8) is 0 Å². The second-order valence-electron chi connectivity index (χ2n) is 3.54. The number of hydrogen-bond acceptors (Lipinski definition) is 5. The first-order chi connectivity index (χ1) is 9.48. The maximum Gasteiger partial charge on any atom is 0.573 e. The molecule has 106 valence electrons. The highest BCUT2D eigenvalue weighted by Crippen LogP contribution is 2.26. The highest BCUT2D eigenvalue weighted by Gasteiger charge is 2.30. The fourth-order valence-electron chi connectivity index (χ4n) is 1.40. The Bertz CT molecular complexity index is 581. The lowest BCUT2D eigenvalue weighted by Gasteiger charge is -2.08. The SMILES string of the molecule is O=CNNc1cc(-c2ccc(OC(F)(F)F)cc2)no1. The number of rotatable bonds is 5. The van der Waals surface area contributed by atoms with Crippen LogP contribution in [0.4, 0.5) is 19.1 Å². The van der Waals surface area contributed by atoms with Crippen molar-refractivity contribution in [3.8, 4) is 17.0 Å². The Morgan fingerprint density at radius 3 is 2.55 bits per heavy atom. The number of anilines is 1. The van der Waals surface area contributed by atoms with E-state index in [-0.39, 0.29) is 11.6 Å². The molecule has 0 aliphatic heterocycles. The van der Waals surface area contributed by atoms with Gasteiger partial charge in [-0.2, -0.15) is 0 Å². The normalized spacial score (nSPS) is 10.9. The first-order valence-corrected chi connectivity index (χ1v) is 5.26. The van der Waals surface area contributed by atoms with Gasteiger partial charge in [0.2, 0.25) is 12.3 Å². The number of ether oxygens (including phenoxy) is 1. The molecule has 1 amide bonds. The van der Waals surface area contributed by atoms with Crippen LogP contribution in [0.15, 0.2) is 34.9 Å². The minimum absolute atomic E-state index is 0.183. The van der Waals surface area contributed by atoms with Crippen LogP contribution in [0.25, 0.3) is 11.3 Å². The molecule has 0 spiro atoms. The fourth-order valence-corrected chi connectivity index (χ4v) is 1.40. The van der Waals surface area contributed by atoms with Crippen LogP contribution in [-0.2, 0) is 4.79 Å². The molecule has 0 unspecified atom stereocenters. The molecular weight excluding hydrogens is 279 g/mol. The summed E-state index contributed by atoms with van der Waals surface area (Å²) in [6, 6.07) is 6.59. The van der Waals surface area contributed by atoms with Crippen LogP contribution >= 0.6 is 0 Å². The van der Waals surface area contributed by atoms with E-state index >= 15 is 0 Å². The van der Waals surface area contributed by atoms with Crippen LogP contribution < -0.4 is 15.6 Å². The summed E-state index contributed by atoms with van der Waals surface area (Å²) in [5.74, 6) is -0.145. The fraction of sp³-hybridized carbons (Fsp3) is 0.0909. The van der Waals surface area contributed by atoms with Crippen LogP contribution in [0, 0.1) is 0 Å². The molecule has 20 heavy (non-hydrogen) atoms. The van der Waals surface area contributed by atoms with Gasteiger partial charge in [0.1, 0.15) is 11.4 Å². The van der Waals surface area contributed by atoms with Crippen molar-refractivity contribution >= 4 is 12.3 Å². The number of nitrogens with one attached hydrogen (secondary N) is 2. The molecule has 1 aromatic heterocycles. The second kappa shape index (κ2) is 5.51. The number of hydrazine groups is 1. The summed E-state index contributed by atoms with van der Waals surface area (Å²) in [5.41, 5.74) is 5.48. The summed E-state index contributed by atoms with van der Waals surface area (Å²) in [6.45, 7) is 0. The standard InChI is InChI=1S/C11H8F3N3O3/c12-11(13,14)19-8-3-1-7(2-4-8)9-5-10(20-17-9)16-15-6-18/h1-6,16H,(H,15,18). The van der Waals surface area contributed by atoms with Crippen molar-refractivity contribution < 1.29 is 27.2 Å². The molecule has 0 radical (unpaired) electrons. The highest BCUT2D eigenvalue weighted by atomic mass is 19.4. The predicted octanol–water partition coefficient (Wildman–Crippen LogP) is 2.31. The molecular formula is C11H8F3N3O3. The Hall–Kier alpha value is -2.71. The number of carbonyl (C=O) groups excluding carboxylic acids is 1. The average molecular weight is 287 g/mol. The predicted molar refractivity (Wildman–Crippen MR) is 61.4 cm³/mol. The molecule has 2 N–H and O–H groups in total. The van der Waals surface area contributed by atoms with Gasteiger partial charge in [0.15, 0.2) is 0 Å². The van der Waals surface area contributed by atoms with Gasteiger partial charge in [0, 0.05) is 11.6 Å². The molecule has 0 saturated carbocycles. The van der Waals surface area contributed by atoms with Gasteiger partial charge in [-0.25, -0.2) is 0 Å². The van der Waals surface area contributed by atoms with Crippen LogP contribution in [-0.4, -0.2) is 17.9 Å². The third-order valence-electron chi connectivity index (χ3n) is 2.15. The van der Waals surface area contributed by atoms with Crippen molar-refractivity contribution in [3.05, 3.63) is 30.3 Å². The van der Waals surface area contributed by atoms with E-state index in [1.807, 2.05) is 0 Å². The number of aromatic nitrogens is 1. The van der Waals surface area contributed by atoms with E-state index in [4.69, 9.17) is 4.52 Å². The zero-order valence-electron chi connectivity index (χ0n) is 9.77. The molecule has 0 saturated heterocycles. The van der Waals surface area contributed by atoms with Crippen molar-refractivity contribution in [1.82, 2.24) is 10.6 Å². The van der Waals surface area contributed by atoms with Gasteiger partial charge in [-0.3, -0.25) is 15.6 Å².